The van der Waals surface area contributed by atoms with Crippen molar-refractivity contribution in [3.8, 4) is 0 Å². The minimum Gasteiger partial charge on any atom is -0.479 e. The van der Waals surface area contributed by atoms with E-state index in [1.807, 2.05) is 26.0 Å². The van der Waals surface area contributed by atoms with Crippen LogP contribution in [0, 0.1) is 29.6 Å². The molecule has 0 aliphatic heterocycles. The lowest BCUT2D eigenvalue weighted by Crippen LogP contribution is -2.44. The van der Waals surface area contributed by atoms with Gasteiger partial charge in [0.1, 0.15) is 12.2 Å². The van der Waals surface area contributed by atoms with Crippen LogP contribution in [-0.4, -0.2) is 122 Å². The quantitative estimate of drug-likeness (QED) is 0.0102. The van der Waals surface area contributed by atoms with Gasteiger partial charge in [-0.05, 0) is 256 Å². The number of hydrogen-bond donors (Lipinski definition) is 6. The fourth-order valence-corrected chi connectivity index (χ4v) is 14.6. The van der Waals surface area contributed by atoms with Crippen LogP contribution < -0.4 is 16.4 Å². The fourth-order valence-electron chi connectivity index (χ4n) is 14.2. The molecular weight excluding hydrogens is 1920 g/mol. The first-order chi connectivity index (χ1) is 65.6. The first kappa shape index (κ1) is 115. The number of hydrogen-bond acceptors (Lipinski definition) is 18. The Balaban J connectivity index is 0.000000229. The second kappa shape index (κ2) is 54.5. The zero-order valence-corrected chi connectivity index (χ0v) is 78.7. The van der Waals surface area contributed by atoms with Crippen molar-refractivity contribution in [1.82, 2.24) is 10.6 Å². The van der Waals surface area contributed by atoms with Crippen molar-refractivity contribution in [3.63, 3.8) is 0 Å². The number of methoxy groups -OCH3 is 4. The van der Waals surface area contributed by atoms with Gasteiger partial charge >= 0.3 is 66.7 Å². The highest BCUT2D eigenvalue weighted by Gasteiger charge is 2.41. The van der Waals surface area contributed by atoms with Crippen LogP contribution in [0.25, 0.3) is 0 Å². The van der Waals surface area contributed by atoms with E-state index in [0.717, 1.165) is 179 Å². The molecule has 5 fully saturated rings. The Labute approximate surface area is 803 Å². The maximum absolute atomic E-state index is 12.9. The number of carbonyl (C=O) groups is 8. The van der Waals surface area contributed by atoms with Crippen LogP contribution >= 0.6 is 15.9 Å². The van der Waals surface area contributed by atoms with Crippen molar-refractivity contribution >= 4 is 63.6 Å². The molecule has 0 spiro atoms. The molecule has 139 heavy (non-hydrogen) atoms. The van der Waals surface area contributed by atoms with Crippen LogP contribution in [0.15, 0.2) is 194 Å². The van der Waals surface area contributed by atoms with E-state index in [-0.39, 0.29) is 97.5 Å². The number of aliphatic carboxylic acids is 1. The van der Waals surface area contributed by atoms with E-state index in [1.54, 1.807) is 55.5 Å². The molecule has 5 aliphatic rings. The van der Waals surface area contributed by atoms with Crippen molar-refractivity contribution in [2.24, 2.45) is 35.3 Å². The third-order valence-corrected chi connectivity index (χ3v) is 24.5. The van der Waals surface area contributed by atoms with Crippen LogP contribution in [0.4, 0.5) is 65.9 Å². The molecule has 758 valence electrons. The SMILES string of the molecule is COC(=O)C(O)C1CCC1.COC(=O)C(OCc1ccc(C(F)(F)F)cc1)C1CCC1.COC(=O)c1ccc([C@H](C)N)cc1.COC(=O)c1ccc([C@H](C)NC(=O)C(OCc2ccc(C(F)(F)F)cc2)C2CCC2)cc1.C[C@H](NC(=O)C(OCc1ccc(C(F)(F)F)cc1)C1CCC1)c1ccc(C(=O)O)cc1.FC(F)(F)c1ccc(CBr)cc1.O=C(O)C(OCc1ccc(C(F)(F)F)cc1)C1CCC1. The summed E-state index contributed by atoms with van der Waals surface area (Å²) in [7, 11) is 5.27. The number of aliphatic hydroxyl groups excluding tert-OH is 1. The van der Waals surface area contributed by atoms with E-state index in [0.29, 0.717) is 38.7 Å². The third kappa shape index (κ3) is 37.0. The Hall–Kier alpha value is -11.3. The van der Waals surface area contributed by atoms with E-state index in [4.69, 9.17) is 44.7 Å². The molecule has 0 heterocycles. The van der Waals surface area contributed by atoms with Crippen LogP contribution in [0.2, 0.25) is 0 Å². The highest BCUT2D eigenvalue weighted by Crippen LogP contribution is 2.40. The topological polar surface area (TPSA) is 321 Å². The van der Waals surface area contributed by atoms with Crippen LogP contribution in [0.3, 0.4) is 0 Å². The number of benzene rings is 8. The normalized spacial score (nSPS) is 16.1. The van der Waals surface area contributed by atoms with E-state index in [1.165, 1.54) is 101 Å². The average molecular weight is 2040 g/mol. The number of carboxylic acids is 2. The van der Waals surface area contributed by atoms with Gasteiger partial charge in [-0.3, -0.25) is 9.59 Å². The molecule has 0 saturated heterocycles. The van der Waals surface area contributed by atoms with Crippen molar-refractivity contribution in [2.45, 2.75) is 228 Å². The van der Waals surface area contributed by atoms with Gasteiger partial charge in [0.2, 0.25) is 11.8 Å². The lowest BCUT2D eigenvalue weighted by molar-refractivity contribution is -0.162. The lowest BCUT2D eigenvalue weighted by Gasteiger charge is -2.33. The van der Waals surface area contributed by atoms with Crippen molar-refractivity contribution < 1.29 is 157 Å². The van der Waals surface area contributed by atoms with Crippen molar-refractivity contribution in [3.05, 3.63) is 283 Å². The van der Waals surface area contributed by atoms with Crippen LogP contribution in [-0.2, 0) is 125 Å². The molecule has 13 rings (SSSR count). The van der Waals surface area contributed by atoms with Gasteiger partial charge in [0.15, 0.2) is 18.3 Å². The lowest BCUT2D eigenvalue weighted by atomic mass is 9.80. The summed E-state index contributed by atoms with van der Waals surface area (Å²) >= 11 is 3.15. The largest absolute Gasteiger partial charge is 0.479 e. The van der Waals surface area contributed by atoms with E-state index >= 15 is 0 Å². The Bertz CT molecular complexity index is 5150. The van der Waals surface area contributed by atoms with Gasteiger partial charge in [-0.2, -0.15) is 65.9 Å². The first-order valence-corrected chi connectivity index (χ1v) is 45.6. The van der Waals surface area contributed by atoms with Gasteiger partial charge in [0.05, 0.1) is 111 Å². The Morgan fingerprint density at radius 2 is 0.583 bits per heavy atom. The summed E-state index contributed by atoms with van der Waals surface area (Å²) in [5, 5.41) is 33.6. The summed E-state index contributed by atoms with van der Waals surface area (Å²) in [5.41, 5.74) is 8.98. The summed E-state index contributed by atoms with van der Waals surface area (Å²) in [5.74, 6) is -3.79. The summed E-state index contributed by atoms with van der Waals surface area (Å²) < 4.78 is 228. The second-order valence-corrected chi connectivity index (χ2v) is 34.3. The molecule has 8 atom stereocenters. The predicted octanol–water partition coefficient (Wildman–Crippen LogP) is 22.5. The summed E-state index contributed by atoms with van der Waals surface area (Å²) in [6.07, 6.45) is -11.5. The average Bonchev–Trinajstić information content (AvgIpc) is 0.816. The number of alkyl halides is 16. The molecule has 0 bridgehead atoms. The number of esters is 4. The fraction of sp³-hybridized carbons (Fsp3) is 0.446. The molecule has 22 nitrogen and oxygen atoms in total. The molecular formula is C101H113BrF15N3O19. The number of carbonyl (C=O) groups excluding carboxylic acids is 6. The Morgan fingerprint density at radius 1 is 0.338 bits per heavy atom. The molecule has 5 saturated carbocycles. The number of halogens is 16. The maximum atomic E-state index is 12.9. The van der Waals surface area contributed by atoms with Gasteiger partial charge in [0, 0.05) is 11.4 Å². The number of nitrogens with two attached hydrogens (primary N) is 1. The molecule has 2 amide bonds. The molecule has 8 aromatic carbocycles. The minimum atomic E-state index is -4.40. The van der Waals surface area contributed by atoms with E-state index in [9.17, 15) is 104 Å². The van der Waals surface area contributed by atoms with Gasteiger partial charge in [-0.25, -0.2) is 28.8 Å². The third-order valence-electron chi connectivity index (χ3n) is 23.9. The van der Waals surface area contributed by atoms with Gasteiger partial charge in [-0.1, -0.05) is 145 Å². The van der Waals surface area contributed by atoms with Crippen LogP contribution in [0.5, 0.6) is 0 Å². The number of carboxylic acid groups (broad SMARTS) is 2. The number of aromatic carboxylic acids is 1. The van der Waals surface area contributed by atoms with Crippen LogP contribution in [0.1, 0.15) is 239 Å². The number of amides is 2. The number of rotatable bonds is 31. The molecule has 7 N–H and O–H groups in total. The molecule has 0 radical (unpaired) electrons. The Kier molecular flexibility index (Phi) is 45.0. The van der Waals surface area contributed by atoms with E-state index in [2.05, 4.69) is 40.8 Å². The minimum absolute atomic E-state index is 0.00556. The van der Waals surface area contributed by atoms with Gasteiger partial charge in [0.25, 0.3) is 0 Å². The highest BCUT2D eigenvalue weighted by molar-refractivity contribution is 9.08. The smallest absolute Gasteiger partial charge is 0.416 e. The zero-order chi connectivity index (χ0) is 103. The standard InChI is InChI=1S/C24H26F3NO4.C23H24F3NO4.C15H17F3O3.C14H15F3O3.C10H13NO2.C8H6BrF3.C7H12O3/c1-15(17-8-10-19(11-9-17)23(30)31-2)28-22(29)21(18-4-3-5-18)32-14-16-6-12-20(13-7-16)24(25,26)27;1-14(16-7-9-18(10-8-16)22(29)30)27-21(28)20(17-3-2-4-17)31-13-15-5-11-19(12-6-15)23(24,25)26;1-20-14(19)13(11-3-2-4-11)21-9-10-5-7-12(8-6-10)15(16,17)18;15-14(16,17)11-6-4-9(5-7-11)8-20-12(13(18)19)10-2-1-3-10;1-7(11)8-3-5-9(6-4-8)10(12)13-2;9-5-6-1-3-7(4-2-6)8(10,11)12;1-10-7(9)6(8)5-3-2-4-5/h6-13,15,18,21H,3-5,14H2,1-2H3,(H,28,29);5-12,14,17,20H,2-4,13H2,1H3,(H,27,28)(H,29,30);5-8,11,13H,2-4,9H2,1H3;4-7,10,12H,1-3,8H2,(H,18,19);3-7H,11H2,1-2H3;1-4H,5H2;5-6,8H,2-4H2,1H3/t15-,21?;14-,20?;;;7-;;/m00..0../s1. The summed E-state index contributed by atoms with van der Waals surface area (Å²) in [4.78, 5) is 92.8. The van der Waals surface area contributed by atoms with E-state index < -0.39 is 119 Å². The molecule has 38 heteroatoms. The summed E-state index contributed by atoms with van der Waals surface area (Å²) in [6.45, 7) is 5.70. The first-order valence-electron chi connectivity index (χ1n) is 44.5. The number of nitrogens with one attached hydrogen (secondary N) is 2. The number of ether oxygens (including phenoxy) is 8. The summed E-state index contributed by atoms with van der Waals surface area (Å²) in [6, 6.07) is 43.2. The molecule has 5 aliphatic carbocycles. The van der Waals surface area contributed by atoms with Gasteiger partial charge in [-0.15, -0.1) is 0 Å². The van der Waals surface area contributed by atoms with Gasteiger partial charge < -0.3 is 69.6 Å². The second-order valence-electron chi connectivity index (χ2n) is 33.7. The highest BCUT2D eigenvalue weighted by atomic mass is 79.9. The number of aliphatic hydroxyl groups is 1. The van der Waals surface area contributed by atoms with Crippen molar-refractivity contribution in [1.29, 1.82) is 0 Å². The Morgan fingerprint density at radius 3 is 0.813 bits per heavy atom. The maximum Gasteiger partial charge on any atom is 0.416 e. The zero-order valence-electron chi connectivity index (χ0n) is 77.1. The molecule has 0 aromatic heterocycles. The predicted molar refractivity (Wildman–Crippen MR) is 483 cm³/mol. The molecule has 5 unspecified atom stereocenters. The molecule has 8 aromatic rings. The van der Waals surface area contributed by atoms with Crippen molar-refractivity contribution in [2.75, 3.05) is 28.4 Å². The monoisotopic (exact) mass is 2040 g/mol.